The summed E-state index contributed by atoms with van der Waals surface area (Å²) < 4.78 is 325. The highest BCUT2D eigenvalue weighted by Gasteiger charge is 2.37. The van der Waals surface area contributed by atoms with Crippen molar-refractivity contribution < 1.29 is 87.8 Å². The Morgan fingerprint density at radius 3 is 0.525 bits per heavy atom. The van der Waals surface area contributed by atoms with Gasteiger partial charge in [-0.05, 0) is 169 Å². The molecule has 0 amide bonds. The van der Waals surface area contributed by atoms with E-state index in [1.165, 1.54) is 80.2 Å². The Bertz CT molecular complexity index is 6620. The fourth-order valence-electron chi connectivity index (χ4n) is 14.1. The van der Waals surface area contributed by atoms with Crippen molar-refractivity contribution in [2.45, 2.75) is 0 Å². The van der Waals surface area contributed by atoms with Gasteiger partial charge < -0.3 is 9.97 Å². The van der Waals surface area contributed by atoms with Crippen molar-refractivity contribution in [2.24, 2.45) is 0 Å². The van der Waals surface area contributed by atoms with Gasteiger partial charge in [-0.15, -0.1) is 90.7 Å². The van der Waals surface area contributed by atoms with Crippen molar-refractivity contribution in [3.8, 4) is 124 Å². The fourth-order valence-corrected chi connectivity index (χ4v) is 22.3. The van der Waals surface area contributed by atoms with Crippen LogP contribution >= 0.6 is 90.7 Å². The van der Waals surface area contributed by atoms with E-state index >= 15 is 87.8 Å². The van der Waals surface area contributed by atoms with Gasteiger partial charge >= 0.3 is 0 Å². The first-order chi connectivity index (χ1) is 57.8. The van der Waals surface area contributed by atoms with Crippen molar-refractivity contribution in [3.05, 3.63) is 294 Å². The third-order valence-corrected chi connectivity index (χ3v) is 29.0. The van der Waals surface area contributed by atoms with Crippen molar-refractivity contribution in [2.75, 3.05) is 0 Å². The molecule has 120 heavy (non-hydrogen) atoms. The number of hydrogen-bond acceptors (Lipinski definition) is 12. The molecule has 12 bridgehead atoms. The van der Waals surface area contributed by atoms with E-state index < -0.39 is 206 Å². The Morgan fingerprint density at radius 2 is 0.333 bits per heavy atom. The number of aromatic amines is 2. The monoisotopic (exact) mass is 1780 g/mol. The summed E-state index contributed by atoms with van der Waals surface area (Å²) >= 11 is 10.8. The highest BCUT2D eigenvalue weighted by molar-refractivity contribution is 7.30. The molecule has 6 nitrogen and oxygen atoms in total. The van der Waals surface area contributed by atoms with E-state index in [2.05, 4.69) is 9.97 Å². The molecule has 0 fully saturated rings. The van der Waals surface area contributed by atoms with Crippen LogP contribution < -0.4 is 0 Å². The Labute approximate surface area is 692 Å². The van der Waals surface area contributed by atoms with Gasteiger partial charge in [-0.1, -0.05) is 12.1 Å². The standard InChI is InChI=1S/C86H32F20N6S8/c87-67-63(68(88)76(96)83(103)75(67)95)59-35-9-5-31(107-35)57(55-27-25-53(119-55)51-23-21-49(117-51)47-19-17-45(115-47)43-3-1-29-113-43)32-6-10-36(108-32)60(64-69(89)77(97)84(104)78(98)70(64)90)40-14-16-42(112-40)62(66-73(93)81(101)86(106)82(102)74(66)94)38-12-8-34(110-38)58(56-28-26-54(120-56)52-24-22-50(118-52)48-20-18-46(116-48)44-4-2-30-114-44)33-7-11-37(109-33)61(41-15-13-39(59)111-41)65-71(91)79(99)85(105)80(100)72(65)92/h1-30,111-112H. The average Bonchev–Trinajstić information content (AvgIpc) is 1.53. The van der Waals surface area contributed by atoms with Gasteiger partial charge in [0.05, 0.1) is 67.8 Å². The molecule has 15 heterocycles. The molecule has 11 aromatic heterocycles. The van der Waals surface area contributed by atoms with Crippen LogP contribution in [0.3, 0.4) is 0 Å². The summed E-state index contributed by atoms with van der Waals surface area (Å²) in [6.45, 7) is 0. The van der Waals surface area contributed by atoms with Gasteiger partial charge in [0.25, 0.3) is 0 Å². The largest absolute Gasteiger partial charge is 0.354 e. The number of hydrogen-bond donors (Lipinski definition) is 2. The number of halogens is 20. The number of aromatic nitrogens is 6. The third-order valence-electron chi connectivity index (χ3n) is 19.5. The zero-order valence-corrected chi connectivity index (χ0v) is 65.5. The molecule has 0 atom stereocenters. The van der Waals surface area contributed by atoms with Gasteiger partial charge in [0, 0.05) is 124 Å². The molecule has 594 valence electrons. The van der Waals surface area contributed by atoms with Crippen LogP contribution in [-0.4, -0.2) is 29.9 Å². The summed E-state index contributed by atoms with van der Waals surface area (Å²) in [6, 6.07) is 32.5. The molecular formula is C86H32F20N6S8. The first-order valence-corrected chi connectivity index (χ1v) is 41.4. The van der Waals surface area contributed by atoms with Gasteiger partial charge in [-0.25, -0.2) is 108 Å². The molecule has 0 saturated carbocycles. The zero-order chi connectivity index (χ0) is 83.4. The molecule has 0 spiro atoms. The summed E-state index contributed by atoms with van der Waals surface area (Å²) in [4.78, 5) is 34.0. The number of H-pyrrole nitrogens is 2. The molecule has 0 radical (unpaired) electrons. The van der Waals surface area contributed by atoms with E-state index in [9.17, 15) is 0 Å². The maximum absolute atomic E-state index is 17.0. The molecule has 4 aromatic carbocycles. The second-order valence-corrected chi connectivity index (χ2v) is 34.8. The number of benzene rings is 4. The van der Waals surface area contributed by atoms with Crippen LogP contribution in [0.1, 0.15) is 45.6 Å². The van der Waals surface area contributed by atoms with Crippen LogP contribution in [0.5, 0.6) is 0 Å². The number of nitrogens with zero attached hydrogens (tertiary/aromatic N) is 4. The Balaban J connectivity index is 0.944. The average molecular weight is 1790 g/mol. The maximum atomic E-state index is 17.0. The third kappa shape index (κ3) is 12.8. The first-order valence-electron chi connectivity index (χ1n) is 34.7. The van der Waals surface area contributed by atoms with Crippen molar-refractivity contribution in [1.29, 1.82) is 0 Å². The lowest BCUT2D eigenvalue weighted by molar-refractivity contribution is 0.381. The van der Waals surface area contributed by atoms with E-state index in [0.717, 1.165) is 135 Å². The smallest absolute Gasteiger partial charge is 0.200 e. The molecule has 4 aliphatic heterocycles. The van der Waals surface area contributed by atoms with E-state index in [4.69, 9.17) is 19.9 Å². The predicted molar refractivity (Wildman–Crippen MR) is 435 cm³/mol. The SMILES string of the molecule is Fc1c(F)c(F)c(-c2c3nc(c(-c4ccc(-c5ccc(-c6ccc(-c7cccs7)s6)s5)s4)c4nc(c(-c5c(F)c(F)c(F)c(F)c5F)c5ccc([nH]5)c(-c5c(F)c(F)c(F)c(F)c5F)c5nc(c(-c6ccc(-c7ccc(-c8ccc(-c9cccs9)s8)s7)s6)c6nc(c(-c7c(F)c(F)c(F)c(F)c7F)c7ccc2[nH]7)C=C6)C=C5)C=C4)C=C3)c(F)c1F. The van der Waals surface area contributed by atoms with Crippen LogP contribution in [0.4, 0.5) is 87.8 Å². The quantitative estimate of drug-likeness (QED) is 0.0725. The topological polar surface area (TPSA) is 83.1 Å². The van der Waals surface area contributed by atoms with Crippen molar-refractivity contribution in [3.63, 3.8) is 0 Å². The Hall–Kier alpha value is -12.0. The minimum Gasteiger partial charge on any atom is -0.354 e. The molecule has 2 N–H and O–H groups in total. The molecule has 4 aliphatic rings. The molecular weight excluding hydrogens is 1750 g/mol. The van der Waals surface area contributed by atoms with Gasteiger partial charge in [0.2, 0.25) is 23.3 Å². The first kappa shape index (κ1) is 77.9. The van der Waals surface area contributed by atoms with Crippen molar-refractivity contribution >= 4 is 161 Å². The van der Waals surface area contributed by atoms with Gasteiger partial charge in [0.1, 0.15) is 0 Å². The van der Waals surface area contributed by atoms with E-state index in [1.54, 1.807) is 24.3 Å². The van der Waals surface area contributed by atoms with E-state index in [0.29, 0.717) is 19.5 Å². The van der Waals surface area contributed by atoms with Crippen LogP contribution in [-0.2, 0) is 0 Å². The van der Waals surface area contributed by atoms with Crippen LogP contribution in [0.25, 0.3) is 195 Å². The number of rotatable bonds is 12. The molecule has 19 rings (SSSR count). The highest BCUT2D eigenvalue weighted by atomic mass is 32.1. The lowest BCUT2D eigenvalue weighted by atomic mass is 10.0. The van der Waals surface area contributed by atoms with Gasteiger partial charge in [-0.3, -0.25) is 0 Å². The Morgan fingerprint density at radius 1 is 0.167 bits per heavy atom. The van der Waals surface area contributed by atoms with Gasteiger partial charge in [-0.2, -0.15) is 0 Å². The highest BCUT2D eigenvalue weighted by Crippen LogP contribution is 2.51. The van der Waals surface area contributed by atoms with E-state index in [1.807, 2.05) is 71.4 Å². The van der Waals surface area contributed by atoms with Gasteiger partial charge in [0.15, 0.2) is 93.1 Å². The summed E-state index contributed by atoms with van der Waals surface area (Å²) in [6.07, 6.45) is 8.48. The lowest BCUT2D eigenvalue weighted by Gasteiger charge is -2.11. The minimum atomic E-state index is -2.64. The fraction of sp³-hybridized carbons (Fsp3) is 0. The lowest BCUT2D eigenvalue weighted by Crippen LogP contribution is -2.05. The second-order valence-electron chi connectivity index (χ2n) is 26.4. The summed E-state index contributed by atoms with van der Waals surface area (Å²) in [7, 11) is 0. The van der Waals surface area contributed by atoms with Crippen LogP contribution in [0.2, 0.25) is 0 Å². The Kier molecular flexibility index (Phi) is 19.5. The van der Waals surface area contributed by atoms with Crippen molar-refractivity contribution in [1.82, 2.24) is 29.9 Å². The molecule has 0 aliphatic carbocycles. The number of fused-ring (bicyclic) bond motifs is 12. The summed E-state index contributed by atoms with van der Waals surface area (Å²) in [5, 5.41) is 3.85. The van der Waals surface area contributed by atoms with Crippen LogP contribution in [0, 0.1) is 116 Å². The number of nitrogens with one attached hydrogen (secondary N) is 2. The summed E-state index contributed by atoms with van der Waals surface area (Å²) in [5.74, 6) is -50.6. The molecule has 15 aromatic rings. The minimum absolute atomic E-state index is 0.133. The number of thiophene rings is 8. The summed E-state index contributed by atoms with van der Waals surface area (Å²) in [5.41, 5.74) is -18.7. The molecule has 0 saturated heterocycles. The zero-order valence-electron chi connectivity index (χ0n) is 58.9. The van der Waals surface area contributed by atoms with E-state index in [-0.39, 0.29) is 43.7 Å². The normalized spacial score (nSPS) is 12.4. The van der Waals surface area contributed by atoms with Crippen LogP contribution in [0.15, 0.2) is 132 Å². The maximum Gasteiger partial charge on any atom is 0.200 e. The predicted octanol–water partition coefficient (Wildman–Crippen LogP) is 29.9. The second kappa shape index (κ2) is 30.0. The molecule has 0 unspecified atom stereocenters. The molecule has 34 heteroatoms.